The molecule has 1 aromatic heterocycles. The molecule has 7 heteroatoms. The molecule has 1 aliphatic heterocycles. The van der Waals surface area contributed by atoms with E-state index in [2.05, 4.69) is 22.3 Å². The fourth-order valence-electron chi connectivity index (χ4n) is 2.79. The maximum atomic E-state index is 11.7. The van der Waals surface area contributed by atoms with Gasteiger partial charge in [-0.25, -0.2) is 15.8 Å². The number of anilines is 2. The van der Waals surface area contributed by atoms with Gasteiger partial charge in [0, 0.05) is 18.5 Å². The number of carbonyl (C=O) groups excluding carboxylic acids is 1. The van der Waals surface area contributed by atoms with Gasteiger partial charge in [0.15, 0.2) is 0 Å². The number of nitrogen functional groups attached to an aromatic ring is 1. The fourth-order valence-corrected chi connectivity index (χ4v) is 2.79. The highest BCUT2D eigenvalue weighted by atomic mass is 16.1. The Kier molecular flexibility index (Phi) is 4.95. The van der Waals surface area contributed by atoms with Crippen molar-refractivity contribution >= 4 is 17.5 Å². The van der Waals surface area contributed by atoms with Crippen LogP contribution in [0, 0.1) is 6.92 Å². The van der Waals surface area contributed by atoms with Gasteiger partial charge in [-0.05, 0) is 32.6 Å². The number of nitrogens with one attached hydrogen (secondary N) is 1. The minimum absolute atomic E-state index is 0.299. The second-order valence-electron chi connectivity index (χ2n) is 5.44. The second-order valence-corrected chi connectivity index (χ2v) is 5.44. The highest BCUT2D eigenvalue weighted by molar-refractivity contribution is 5.84. The topological polar surface area (TPSA) is 110 Å². The van der Waals surface area contributed by atoms with Gasteiger partial charge in [0.1, 0.15) is 23.5 Å². The summed E-state index contributed by atoms with van der Waals surface area (Å²) in [5.74, 6) is 7.37. The van der Waals surface area contributed by atoms with Crippen LogP contribution < -0.4 is 21.9 Å². The molecule has 0 saturated carbocycles. The van der Waals surface area contributed by atoms with Gasteiger partial charge in [0.2, 0.25) is 5.91 Å². The summed E-state index contributed by atoms with van der Waals surface area (Å²) in [5, 5.41) is 0. The second kappa shape index (κ2) is 6.71. The van der Waals surface area contributed by atoms with E-state index in [0.29, 0.717) is 5.82 Å². The van der Waals surface area contributed by atoms with Crippen LogP contribution >= 0.6 is 0 Å². The van der Waals surface area contributed by atoms with Crippen molar-refractivity contribution in [3.05, 3.63) is 11.4 Å². The third kappa shape index (κ3) is 3.24. The van der Waals surface area contributed by atoms with Crippen molar-refractivity contribution in [3.8, 4) is 0 Å². The van der Waals surface area contributed by atoms with Crippen molar-refractivity contribution < 1.29 is 4.79 Å². The minimum atomic E-state index is -0.299. The summed E-state index contributed by atoms with van der Waals surface area (Å²) in [6.45, 7) is 4.76. The van der Waals surface area contributed by atoms with Gasteiger partial charge in [0.25, 0.3) is 0 Å². The number of amides is 1. The number of hydrogen-bond acceptors (Lipinski definition) is 6. The highest BCUT2D eigenvalue weighted by Gasteiger charge is 2.30. The van der Waals surface area contributed by atoms with Crippen LogP contribution in [0.4, 0.5) is 11.6 Å². The molecule has 5 N–H and O–H groups in total. The Morgan fingerprint density at radius 3 is 2.81 bits per heavy atom. The Labute approximate surface area is 125 Å². The third-order valence-corrected chi connectivity index (χ3v) is 3.88. The molecule has 1 saturated heterocycles. The van der Waals surface area contributed by atoms with Crippen LogP contribution in [0.5, 0.6) is 0 Å². The molecular weight excluding hydrogens is 268 g/mol. The molecule has 0 spiro atoms. The number of carbonyl (C=O) groups is 1. The first-order valence-corrected chi connectivity index (χ1v) is 7.48. The molecule has 2 heterocycles. The van der Waals surface area contributed by atoms with Crippen LogP contribution in [0.15, 0.2) is 0 Å². The Morgan fingerprint density at radius 2 is 2.19 bits per heavy atom. The SMILES string of the molecule is CCCc1nc(NN)c(C)c(N2CCCCC2C(N)=O)n1. The smallest absolute Gasteiger partial charge is 0.240 e. The lowest BCUT2D eigenvalue weighted by Crippen LogP contribution is -2.48. The van der Waals surface area contributed by atoms with Gasteiger partial charge >= 0.3 is 0 Å². The van der Waals surface area contributed by atoms with Crippen molar-refractivity contribution in [1.29, 1.82) is 0 Å². The Morgan fingerprint density at radius 1 is 1.43 bits per heavy atom. The molecule has 0 radical (unpaired) electrons. The minimum Gasteiger partial charge on any atom is -0.368 e. The van der Waals surface area contributed by atoms with E-state index >= 15 is 0 Å². The number of nitrogens with two attached hydrogens (primary N) is 2. The Balaban J connectivity index is 2.44. The van der Waals surface area contributed by atoms with E-state index in [-0.39, 0.29) is 11.9 Å². The van der Waals surface area contributed by atoms with E-state index in [1.807, 2.05) is 11.8 Å². The number of hydrazine groups is 1. The lowest BCUT2D eigenvalue weighted by Gasteiger charge is -2.35. The molecule has 1 atom stereocenters. The largest absolute Gasteiger partial charge is 0.368 e. The van der Waals surface area contributed by atoms with Gasteiger partial charge in [-0.2, -0.15) is 0 Å². The van der Waals surface area contributed by atoms with Gasteiger partial charge in [0.05, 0.1) is 0 Å². The van der Waals surface area contributed by atoms with E-state index in [1.165, 1.54) is 0 Å². The lowest BCUT2D eigenvalue weighted by molar-refractivity contribution is -0.119. The third-order valence-electron chi connectivity index (χ3n) is 3.88. The van der Waals surface area contributed by atoms with Gasteiger partial charge in [-0.15, -0.1) is 0 Å². The lowest BCUT2D eigenvalue weighted by atomic mass is 10.0. The van der Waals surface area contributed by atoms with Crippen LogP contribution in [0.25, 0.3) is 0 Å². The predicted octanol–water partition coefficient (Wildman–Crippen LogP) is 0.867. The molecule has 0 aliphatic carbocycles. The maximum absolute atomic E-state index is 11.7. The van der Waals surface area contributed by atoms with Gasteiger partial charge in [-0.1, -0.05) is 6.92 Å². The molecule has 7 nitrogen and oxygen atoms in total. The molecule has 1 aromatic rings. The van der Waals surface area contributed by atoms with E-state index < -0.39 is 0 Å². The Hall–Kier alpha value is -1.89. The number of primary amides is 1. The first-order valence-electron chi connectivity index (χ1n) is 7.48. The predicted molar refractivity (Wildman–Crippen MR) is 82.8 cm³/mol. The number of aromatic nitrogens is 2. The number of aryl methyl sites for hydroxylation is 1. The van der Waals surface area contributed by atoms with Crippen molar-refractivity contribution in [2.24, 2.45) is 11.6 Å². The number of nitrogens with zero attached hydrogens (tertiary/aromatic N) is 3. The summed E-state index contributed by atoms with van der Waals surface area (Å²) in [6.07, 6.45) is 4.54. The summed E-state index contributed by atoms with van der Waals surface area (Å²) in [5.41, 5.74) is 9.02. The summed E-state index contributed by atoms with van der Waals surface area (Å²) < 4.78 is 0. The zero-order valence-corrected chi connectivity index (χ0v) is 12.7. The normalized spacial score (nSPS) is 18.6. The van der Waals surface area contributed by atoms with Gasteiger partial charge < -0.3 is 16.1 Å². The molecule has 1 unspecified atom stereocenters. The van der Waals surface area contributed by atoms with Crippen LogP contribution in [0.3, 0.4) is 0 Å². The first-order chi connectivity index (χ1) is 10.1. The number of piperidine rings is 1. The average Bonchev–Trinajstić information content (AvgIpc) is 2.49. The van der Waals surface area contributed by atoms with Crippen molar-refractivity contribution in [2.75, 3.05) is 16.9 Å². The molecule has 1 fully saturated rings. The standard InChI is InChI=1S/C14H24N6O/c1-3-6-11-17-13(19-16)9(2)14(18-11)20-8-5-4-7-10(20)12(15)21/h10H,3-8,16H2,1-2H3,(H2,15,21)(H,17,18,19). The van der Waals surface area contributed by atoms with E-state index in [9.17, 15) is 4.79 Å². The molecule has 1 amide bonds. The van der Waals surface area contributed by atoms with Crippen LogP contribution in [-0.4, -0.2) is 28.5 Å². The summed E-state index contributed by atoms with van der Waals surface area (Å²) in [7, 11) is 0. The van der Waals surface area contributed by atoms with Crippen molar-refractivity contribution in [1.82, 2.24) is 9.97 Å². The monoisotopic (exact) mass is 292 g/mol. The molecule has 21 heavy (non-hydrogen) atoms. The number of rotatable bonds is 5. The zero-order valence-electron chi connectivity index (χ0n) is 12.7. The summed E-state index contributed by atoms with van der Waals surface area (Å²) in [4.78, 5) is 22.8. The number of hydrogen-bond donors (Lipinski definition) is 3. The van der Waals surface area contributed by atoms with Crippen molar-refractivity contribution in [3.63, 3.8) is 0 Å². The maximum Gasteiger partial charge on any atom is 0.240 e. The zero-order chi connectivity index (χ0) is 15.4. The van der Waals surface area contributed by atoms with Crippen LogP contribution in [0.1, 0.15) is 44.0 Å². The average molecular weight is 292 g/mol. The molecular formula is C14H24N6O. The van der Waals surface area contributed by atoms with Crippen LogP contribution in [0.2, 0.25) is 0 Å². The van der Waals surface area contributed by atoms with Crippen LogP contribution in [-0.2, 0) is 11.2 Å². The highest BCUT2D eigenvalue weighted by Crippen LogP contribution is 2.29. The molecule has 1 aliphatic rings. The molecule has 2 rings (SSSR count). The summed E-state index contributed by atoms with van der Waals surface area (Å²) >= 11 is 0. The Bertz CT molecular complexity index is 518. The van der Waals surface area contributed by atoms with Crippen molar-refractivity contribution in [2.45, 2.75) is 52.0 Å². The fraction of sp³-hybridized carbons (Fsp3) is 0.643. The summed E-state index contributed by atoms with van der Waals surface area (Å²) in [6, 6.07) is -0.299. The van der Waals surface area contributed by atoms with E-state index in [0.717, 1.165) is 55.9 Å². The molecule has 0 aromatic carbocycles. The quantitative estimate of drug-likeness (QED) is 0.548. The van der Waals surface area contributed by atoms with E-state index in [4.69, 9.17) is 11.6 Å². The molecule has 116 valence electrons. The van der Waals surface area contributed by atoms with E-state index in [1.54, 1.807) is 0 Å². The first kappa shape index (κ1) is 15.5. The molecule has 0 bridgehead atoms. The van der Waals surface area contributed by atoms with Gasteiger partial charge in [-0.3, -0.25) is 4.79 Å².